The van der Waals surface area contributed by atoms with Gasteiger partial charge in [0.15, 0.2) is 0 Å². The van der Waals surface area contributed by atoms with Gasteiger partial charge in [-0.05, 0) is 36.9 Å². The van der Waals surface area contributed by atoms with Crippen LogP contribution in [0.4, 0.5) is 4.39 Å². The van der Waals surface area contributed by atoms with Gasteiger partial charge in [-0.15, -0.1) is 0 Å². The van der Waals surface area contributed by atoms with Crippen molar-refractivity contribution in [2.24, 2.45) is 0 Å². The quantitative estimate of drug-likeness (QED) is 0.641. The molecule has 0 spiro atoms. The summed E-state index contributed by atoms with van der Waals surface area (Å²) in [4.78, 5) is 5.99. The highest BCUT2D eigenvalue weighted by molar-refractivity contribution is 9.10. The molecule has 0 fully saturated rings. The minimum atomic E-state index is -0.453. The number of nitrogens with zero attached hydrogens (tertiary/aromatic N) is 4. The van der Waals surface area contributed by atoms with E-state index in [1.165, 1.54) is 6.20 Å². The van der Waals surface area contributed by atoms with Crippen LogP contribution < -0.4 is 0 Å². The van der Waals surface area contributed by atoms with Gasteiger partial charge in [0.1, 0.15) is 0 Å². The Balaban J connectivity index is 1.83. The molecule has 4 nitrogen and oxygen atoms in total. The summed E-state index contributed by atoms with van der Waals surface area (Å²) in [5.74, 6) is -0.453. The van der Waals surface area contributed by atoms with Crippen molar-refractivity contribution in [2.45, 2.75) is 19.6 Å². The van der Waals surface area contributed by atoms with Crippen LogP contribution in [0.25, 0.3) is 11.3 Å². The maximum Gasteiger partial charge on any atom is 0.222 e. The fourth-order valence-electron chi connectivity index (χ4n) is 3.21. The zero-order valence-corrected chi connectivity index (χ0v) is 14.8. The fourth-order valence-corrected chi connectivity index (χ4v) is 3.66. The van der Waals surface area contributed by atoms with E-state index in [0.29, 0.717) is 12.1 Å². The largest absolute Gasteiger partial charge is 0.296 e. The molecule has 0 radical (unpaired) electrons. The number of benzene rings is 1. The predicted octanol–water partition coefficient (Wildman–Crippen LogP) is 3.84. The standard InChI is InChI=1S/C18H16BrFN4/c1-23-10-15-16(11-23)22-24(9-12-4-2-5-13(19)8-12)17(15)14-6-3-7-21-18(14)20/h2-8H,9-11H2,1H3. The molecule has 0 amide bonds. The van der Waals surface area contributed by atoms with Crippen LogP contribution in [-0.4, -0.2) is 26.7 Å². The summed E-state index contributed by atoms with van der Waals surface area (Å²) < 4.78 is 17.3. The van der Waals surface area contributed by atoms with Crippen molar-refractivity contribution in [1.82, 2.24) is 19.7 Å². The zero-order chi connectivity index (χ0) is 16.7. The van der Waals surface area contributed by atoms with Crippen molar-refractivity contribution in [3.05, 3.63) is 69.8 Å². The molecule has 0 saturated heterocycles. The molecular weight excluding hydrogens is 371 g/mol. The Morgan fingerprint density at radius 1 is 1.21 bits per heavy atom. The Hall–Kier alpha value is -2.05. The highest BCUT2D eigenvalue weighted by Gasteiger charge is 2.27. The highest BCUT2D eigenvalue weighted by atomic mass is 79.9. The van der Waals surface area contributed by atoms with E-state index in [1.807, 2.05) is 29.9 Å². The maximum atomic E-state index is 14.3. The summed E-state index contributed by atoms with van der Waals surface area (Å²) in [6, 6.07) is 11.6. The molecule has 1 aliphatic rings. The van der Waals surface area contributed by atoms with Crippen molar-refractivity contribution in [2.75, 3.05) is 7.05 Å². The molecule has 0 N–H and O–H groups in total. The molecule has 0 aliphatic carbocycles. The summed E-state index contributed by atoms with van der Waals surface area (Å²) >= 11 is 3.50. The lowest BCUT2D eigenvalue weighted by molar-refractivity contribution is 0.346. The van der Waals surface area contributed by atoms with E-state index in [0.717, 1.165) is 40.1 Å². The third kappa shape index (κ3) is 2.76. The number of hydrogen-bond acceptors (Lipinski definition) is 3. The molecule has 3 heterocycles. The number of rotatable bonds is 3. The first kappa shape index (κ1) is 15.5. The van der Waals surface area contributed by atoms with Gasteiger partial charge in [0.2, 0.25) is 5.95 Å². The van der Waals surface area contributed by atoms with Crippen LogP contribution in [0.1, 0.15) is 16.8 Å². The van der Waals surface area contributed by atoms with Gasteiger partial charge in [0.25, 0.3) is 0 Å². The van der Waals surface area contributed by atoms with E-state index in [-0.39, 0.29) is 0 Å². The summed E-state index contributed by atoms with van der Waals surface area (Å²) in [5.41, 5.74) is 4.58. The first-order chi connectivity index (χ1) is 11.6. The van der Waals surface area contributed by atoms with Crippen LogP contribution in [0, 0.1) is 5.95 Å². The van der Waals surface area contributed by atoms with E-state index in [9.17, 15) is 4.39 Å². The SMILES string of the molecule is CN1Cc2nn(Cc3cccc(Br)c3)c(-c3cccnc3F)c2C1. The van der Waals surface area contributed by atoms with Crippen molar-refractivity contribution < 1.29 is 4.39 Å². The van der Waals surface area contributed by atoms with Gasteiger partial charge in [-0.1, -0.05) is 28.1 Å². The molecule has 1 aliphatic heterocycles. The molecule has 0 unspecified atom stereocenters. The second-order valence-corrected chi connectivity index (χ2v) is 6.99. The third-order valence-corrected chi connectivity index (χ3v) is 4.71. The first-order valence-electron chi connectivity index (χ1n) is 7.74. The van der Waals surface area contributed by atoms with Gasteiger partial charge in [-0.25, -0.2) is 4.98 Å². The van der Waals surface area contributed by atoms with Crippen molar-refractivity contribution in [1.29, 1.82) is 0 Å². The highest BCUT2D eigenvalue weighted by Crippen LogP contribution is 2.33. The topological polar surface area (TPSA) is 34.0 Å². The number of pyridine rings is 1. The Labute approximate surface area is 148 Å². The summed E-state index contributed by atoms with van der Waals surface area (Å²) in [5, 5.41) is 4.75. The average molecular weight is 387 g/mol. The Kier molecular flexibility index (Phi) is 3.94. The lowest BCUT2D eigenvalue weighted by atomic mass is 10.1. The van der Waals surface area contributed by atoms with Crippen molar-refractivity contribution in [3.63, 3.8) is 0 Å². The summed E-state index contributed by atoms with van der Waals surface area (Å²) in [6.07, 6.45) is 1.47. The zero-order valence-electron chi connectivity index (χ0n) is 13.2. The van der Waals surface area contributed by atoms with E-state index >= 15 is 0 Å². The van der Waals surface area contributed by atoms with Gasteiger partial charge in [-0.2, -0.15) is 9.49 Å². The molecule has 1 aromatic carbocycles. The third-order valence-electron chi connectivity index (χ3n) is 4.22. The van der Waals surface area contributed by atoms with Gasteiger partial charge in [0, 0.05) is 29.3 Å². The number of halogens is 2. The van der Waals surface area contributed by atoms with E-state index in [1.54, 1.807) is 12.1 Å². The molecule has 0 atom stereocenters. The van der Waals surface area contributed by atoms with Gasteiger partial charge >= 0.3 is 0 Å². The molecule has 2 aromatic heterocycles. The lowest BCUT2D eigenvalue weighted by Crippen LogP contribution is -2.13. The van der Waals surface area contributed by atoms with Gasteiger partial charge in [0.05, 0.1) is 23.5 Å². The number of aromatic nitrogens is 3. The Morgan fingerprint density at radius 3 is 2.88 bits per heavy atom. The van der Waals surface area contributed by atoms with Crippen LogP contribution in [0.15, 0.2) is 47.1 Å². The molecule has 24 heavy (non-hydrogen) atoms. The van der Waals surface area contributed by atoms with Crippen molar-refractivity contribution in [3.8, 4) is 11.3 Å². The molecular formula is C18H16BrFN4. The smallest absolute Gasteiger partial charge is 0.222 e. The Morgan fingerprint density at radius 2 is 2.08 bits per heavy atom. The molecule has 6 heteroatoms. The average Bonchev–Trinajstić information content (AvgIpc) is 3.04. The van der Waals surface area contributed by atoms with Gasteiger partial charge in [-0.3, -0.25) is 9.58 Å². The second kappa shape index (κ2) is 6.11. The van der Waals surface area contributed by atoms with Crippen LogP contribution in [0.2, 0.25) is 0 Å². The summed E-state index contributed by atoms with van der Waals surface area (Å²) in [7, 11) is 2.05. The number of hydrogen-bond donors (Lipinski definition) is 0. The molecule has 0 saturated carbocycles. The molecule has 0 bridgehead atoms. The Bertz CT molecular complexity index is 906. The number of fused-ring (bicyclic) bond motifs is 1. The van der Waals surface area contributed by atoms with Crippen LogP contribution in [0.5, 0.6) is 0 Å². The molecule has 3 aromatic rings. The van der Waals surface area contributed by atoms with Crippen LogP contribution in [-0.2, 0) is 19.6 Å². The minimum absolute atomic E-state index is 0.453. The van der Waals surface area contributed by atoms with Gasteiger partial charge < -0.3 is 0 Å². The maximum absolute atomic E-state index is 14.3. The first-order valence-corrected chi connectivity index (χ1v) is 8.53. The van der Waals surface area contributed by atoms with E-state index < -0.39 is 5.95 Å². The second-order valence-electron chi connectivity index (χ2n) is 6.08. The normalized spacial score (nSPS) is 14.1. The van der Waals surface area contributed by atoms with Crippen LogP contribution in [0.3, 0.4) is 0 Å². The molecule has 122 valence electrons. The van der Waals surface area contributed by atoms with Crippen molar-refractivity contribution >= 4 is 15.9 Å². The van der Waals surface area contributed by atoms with E-state index in [4.69, 9.17) is 5.10 Å². The minimum Gasteiger partial charge on any atom is -0.296 e. The van der Waals surface area contributed by atoms with E-state index in [2.05, 4.69) is 31.9 Å². The molecule has 4 rings (SSSR count). The predicted molar refractivity (Wildman–Crippen MR) is 93.8 cm³/mol. The summed E-state index contributed by atoms with van der Waals surface area (Å²) in [6.45, 7) is 2.16. The fraction of sp³-hybridized carbons (Fsp3) is 0.222. The van der Waals surface area contributed by atoms with Crippen LogP contribution >= 0.6 is 15.9 Å². The lowest BCUT2D eigenvalue weighted by Gasteiger charge is -2.13. The monoisotopic (exact) mass is 386 g/mol.